The zero-order valence-electron chi connectivity index (χ0n) is 17.3. The van der Waals surface area contributed by atoms with Crippen LogP contribution >= 0.6 is 11.6 Å². The number of nitrogens with two attached hydrogens (primary N) is 1. The number of ether oxygens (including phenoxy) is 1. The number of benzene rings is 1. The molecule has 34 heavy (non-hydrogen) atoms. The minimum Gasteiger partial charge on any atom is -0.480 e. The quantitative estimate of drug-likeness (QED) is 0.402. The molecule has 0 saturated carbocycles. The molecule has 0 aliphatic rings. The molecule has 0 unspecified atom stereocenters. The van der Waals surface area contributed by atoms with Crippen LogP contribution in [-0.4, -0.2) is 38.0 Å². The van der Waals surface area contributed by atoms with Gasteiger partial charge in [0.2, 0.25) is 5.88 Å². The van der Waals surface area contributed by atoms with E-state index in [0.29, 0.717) is 22.0 Å². The van der Waals surface area contributed by atoms with Crippen molar-refractivity contribution in [2.45, 2.75) is 6.18 Å². The van der Waals surface area contributed by atoms with Crippen LogP contribution in [0.1, 0.15) is 15.9 Å². The number of nitrogen functional groups attached to an aromatic ring is 1. The largest absolute Gasteiger partial charge is 0.480 e. The summed E-state index contributed by atoms with van der Waals surface area (Å²) in [5.74, 6) is -1.34. The number of amides is 1. The number of hydrogen-bond acceptors (Lipinski definition) is 7. The Labute approximate surface area is 195 Å². The van der Waals surface area contributed by atoms with Gasteiger partial charge in [0.15, 0.2) is 5.82 Å². The van der Waals surface area contributed by atoms with Crippen LogP contribution in [0.25, 0.3) is 17.1 Å². The third-order valence-electron chi connectivity index (χ3n) is 4.60. The Morgan fingerprint density at radius 1 is 1.15 bits per heavy atom. The van der Waals surface area contributed by atoms with Crippen LogP contribution in [-0.2, 0) is 6.18 Å². The summed E-state index contributed by atoms with van der Waals surface area (Å²) < 4.78 is 46.0. The molecule has 1 aromatic carbocycles. The molecule has 0 radical (unpaired) electrons. The first-order chi connectivity index (χ1) is 16.2. The van der Waals surface area contributed by atoms with Crippen molar-refractivity contribution in [2.75, 3.05) is 18.2 Å². The molecule has 9 nitrogen and oxygen atoms in total. The van der Waals surface area contributed by atoms with E-state index in [2.05, 4.69) is 25.5 Å². The molecule has 13 heteroatoms. The second-order valence-electron chi connectivity index (χ2n) is 6.86. The minimum absolute atomic E-state index is 0.0161. The molecule has 4 aromatic rings. The normalized spacial score (nSPS) is 11.3. The van der Waals surface area contributed by atoms with Crippen molar-refractivity contribution < 1.29 is 22.7 Å². The Hall–Kier alpha value is -4.19. The highest BCUT2D eigenvalue weighted by molar-refractivity contribution is 6.33. The molecule has 0 fully saturated rings. The summed E-state index contributed by atoms with van der Waals surface area (Å²) in [4.78, 5) is 21.6. The number of hydrogen-bond donors (Lipinski definition) is 2. The van der Waals surface area contributed by atoms with Gasteiger partial charge in [0.1, 0.15) is 11.1 Å². The van der Waals surface area contributed by atoms with Crippen molar-refractivity contribution in [3.05, 3.63) is 71.1 Å². The highest BCUT2D eigenvalue weighted by Gasteiger charge is 2.36. The molecule has 0 atom stereocenters. The number of aromatic nitrogens is 5. The van der Waals surface area contributed by atoms with Crippen LogP contribution in [0, 0.1) is 0 Å². The Bertz CT molecular complexity index is 1360. The summed E-state index contributed by atoms with van der Waals surface area (Å²) in [7, 11) is 1.30. The number of nitrogens with zero attached hydrogens (tertiary/aromatic N) is 5. The summed E-state index contributed by atoms with van der Waals surface area (Å²) in [6, 6.07) is 8.52. The fourth-order valence-electron chi connectivity index (χ4n) is 3.08. The molecule has 3 aromatic heterocycles. The fraction of sp³-hybridized carbons (Fsp3) is 0.0952. The first kappa shape index (κ1) is 23.0. The second-order valence-corrected chi connectivity index (χ2v) is 7.27. The maximum Gasteiger partial charge on any atom is 0.420 e. The van der Waals surface area contributed by atoms with Gasteiger partial charge in [-0.3, -0.25) is 4.79 Å². The summed E-state index contributed by atoms with van der Waals surface area (Å²) >= 11 is 6.21. The Morgan fingerprint density at radius 2 is 1.88 bits per heavy atom. The average Bonchev–Trinajstić information content (AvgIpc) is 3.34. The number of methoxy groups -OCH3 is 1. The van der Waals surface area contributed by atoms with Crippen LogP contribution in [0.2, 0.25) is 5.02 Å². The van der Waals surface area contributed by atoms with E-state index in [9.17, 15) is 18.0 Å². The number of anilines is 2. The highest BCUT2D eigenvalue weighted by Crippen LogP contribution is 2.35. The summed E-state index contributed by atoms with van der Waals surface area (Å²) in [6.45, 7) is 0. The van der Waals surface area contributed by atoms with Crippen LogP contribution in [0.4, 0.5) is 24.5 Å². The topological polar surface area (TPSA) is 121 Å². The number of rotatable bonds is 5. The number of halogens is 4. The van der Waals surface area contributed by atoms with E-state index in [-0.39, 0.29) is 17.1 Å². The van der Waals surface area contributed by atoms with E-state index < -0.39 is 23.5 Å². The van der Waals surface area contributed by atoms with E-state index in [0.717, 1.165) is 17.1 Å². The SMILES string of the molecule is COc1nc(-c2cc(N)ccc2Cl)ccc1C(=O)Nc1cnc(-n2nccn2)c(C(F)(F)F)c1. The maximum atomic E-state index is 13.6. The van der Waals surface area contributed by atoms with Crippen molar-refractivity contribution in [1.29, 1.82) is 0 Å². The fourth-order valence-corrected chi connectivity index (χ4v) is 3.29. The maximum absolute atomic E-state index is 13.6. The molecule has 0 bridgehead atoms. The van der Waals surface area contributed by atoms with Crippen LogP contribution in [0.5, 0.6) is 5.88 Å². The first-order valence-corrected chi connectivity index (χ1v) is 9.91. The number of alkyl halides is 3. The standard InChI is InChI=1S/C21H15ClF3N7O2/c1-34-20-13(3-5-17(31-20)14-8-11(26)2-4-16(14)22)19(33)30-12-9-15(21(23,24)25)18(27-10-12)32-28-6-7-29-32/h2-10H,26H2,1H3,(H,30,33). The van der Waals surface area contributed by atoms with E-state index in [4.69, 9.17) is 22.1 Å². The van der Waals surface area contributed by atoms with Crippen molar-refractivity contribution in [2.24, 2.45) is 0 Å². The Morgan fingerprint density at radius 3 is 2.56 bits per heavy atom. The van der Waals surface area contributed by atoms with E-state index in [1.54, 1.807) is 18.2 Å². The lowest BCUT2D eigenvalue weighted by atomic mass is 10.1. The molecule has 0 spiro atoms. The monoisotopic (exact) mass is 489 g/mol. The van der Waals surface area contributed by atoms with Crippen molar-refractivity contribution >= 4 is 28.9 Å². The van der Waals surface area contributed by atoms with Crippen molar-refractivity contribution in [1.82, 2.24) is 25.0 Å². The number of nitrogens with one attached hydrogen (secondary N) is 1. The molecule has 1 amide bonds. The first-order valence-electron chi connectivity index (χ1n) is 9.53. The van der Waals surface area contributed by atoms with Gasteiger partial charge in [0, 0.05) is 11.3 Å². The Balaban J connectivity index is 1.66. The van der Waals surface area contributed by atoms with Crippen LogP contribution < -0.4 is 15.8 Å². The molecule has 0 saturated heterocycles. The van der Waals surface area contributed by atoms with Crippen LogP contribution in [0.3, 0.4) is 0 Å². The van der Waals surface area contributed by atoms with E-state index in [1.165, 1.54) is 31.6 Å². The van der Waals surface area contributed by atoms with Gasteiger partial charge >= 0.3 is 6.18 Å². The second kappa shape index (κ2) is 8.98. The molecule has 3 heterocycles. The smallest absolute Gasteiger partial charge is 0.420 e. The predicted octanol–water partition coefficient (Wildman–Crippen LogP) is 4.24. The van der Waals surface area contributed by atoms with Crippen LogP contribution in [0.15, 0.2) is 55.0 Å². The molecular formula is C21H15ClF3N7O2. The molecule has 4 rings (SSSR count). The lowest BCUT2D eigenvalue weighted by Gasteiger charge is -2.14. The molecular weight excluding hydrogens is 475 g/mol. The summed E-state index contributed by atoms with van der Waals surface area (Å²) in [5, 5.41) is 10.1. The molecule has 3 N–H and O–H groups in total. The van der Waals surface area contributed by atoms with E-state index in [1.807, 2.05) is 0 Å². The van der Waals surface area contributed by atoms with Gasteiger partial charge < -0.3 is 15.8 Å². The van der Waals surface area contributed by atoms with Gasteiger partial charge in [0.05, 0.1) is 42.1 Å². The van der Waals surface area contributed by atoms with Gasteiger partial charge in [-0.05, 0) is 36.4 Å². The van der Waals surface area contributed by atoms with Gasteiger partial charge in [0.25, 0.3) is 5.91 Å². The van der Waals surface area contributed by atoms with Gasteiger partial charge in [-0.15, -0.1) is 4.80 Å². The van der Waals surface area contributed by atoms with Crippen molar-refractivity contribution in [3.63, 3.8) is 0 Å². The zero-order chi connectivity index (χ0) is 24.5. The number of carbonyl (C=O) groups excluding carboxylic acids is 1. The van der Waals surface area contributed by atoms with Gasteiger partial charge in [-0.1, -0.05) is 11.6 Å². The number of pyridine rings is 2. The summed E-state index contributed by atoms with van der Waals surface area (Å²) in [6.07, 6.45) is -1.27. The Kier molecular flexibility index (Phi) is 6.07. The number of carbonyl (C=O) groups is 1. The zero-order valence-corrected chi connectivity index (χ0v) is 18.1. The minimum atomic E-state index is -4.77. The van der Waals surface area contributed by atoms with Gasteiger partial charge in [-0.25, -0.2) is 9.97 Å². The third-order valence-corrected chi connectivity index (χ3v) is 4.93. The third kappa shape index (κ3) is 4.62. The van der Waals surface area contributed by atoms with E-state index >= 15 is 0 Å². The average molecular weight is 490 g/mol. The highest BCUT2D eigenvalue weighted by atomic mass is 35.5. The lowest BCUT2D eigenvalue weighted by Crippen LogP contribution is -2.18. The molecule has 0 aliphatic heterocycles. The van der Waals surface area contributed by atoms with Crippen molar-refractivity contribution in [3.8, 4) is 23.0 Å². The molecule has 0 aliphatic carbocycles. The molecule has 174 valence electrons. The summed E-state index contributed by atoms with van der Waals surface area (Å²) in [5.41, 5.74) is 5.84. The lowest BCUT2D eigenvalue weighted by molar-refractivity contribution is -0.137. The van der Waals surface area contributed by atoms with Gasteiger partial charge in [-0.2, -0.15) is 23.4 Å². The predicted molar refractivity (Wildman–Crippen MR) is 118 cm³/mol.